The molecule has 0 atom stereocenters. The van der Waals surface area contributed by atoms with Crippen molar-refractivity contribution >= 4 is 23.4 Å². The van der Waals surface area contributed by atoms with Gasteiger partial charge in [0.05, 0.1) is 12.9 Å². The fourth-order valence-corrected chi connectivity index (χ4v) is 2.38. The van der Waals surface area contributed by atoms with E-state index in [1.54, 1.807) is 13.2 Å². The number of anilines is 1. The number of thioether (sulfide) groups is 1. The van der Waals surface area contributed by atoms with Crippen molar-refractivity contribution in [2.24, 2.45) is 0 Å². The van der Waals surface area contributed by atoms with Crippen LogP contribution >= 0.6 is 11.8 Å². The molecule has 0 spiro atoms. The lowest BCUT2D eigenvalue weighted by Crippen LogP contribution is -2.13. The highest BCUT2D eigenvalue weighted by Gasteiger charge is 2.04. The molecule has 2 rings (SSSR count). The first kappa shape index (κ1) is 14.5. The molecule has 0 aliphatic carbocycles. The van der Waals surface area contributed by atoms with E-state index in [-0.39, 0.29) is 5.91 Å². The van der Waals surface area contributed by atoms with Crippen LogP contribution in [0, 0.1) is 6.92 Å². The maximum Gasteiger partial charge on any atom is 0.234 e. The minimum absolute atomic E-state index is 0.0242. The van der Waals surface area contributed by atoms with Crippen LogP contribution in [0.25, 0.3) is 0 Å². The normalized spacial score (nSPS) is 10.1. The SMILES string of the molecule is COc1cccc(NC(=O)CSc2ccc(C)cc2)c1. The van der Waals surface area contributed by atoms with Gasteiger partial charge >= 0.3 is 0 Å². The van der Waals surface area contributed by atoms with Crippen LogP contribution in [0.2, 0.25) is 0 Å². The summed E-state index contributed by atoms with van der Waals surface area (Å²) in [5, 5.41) is 2.86. The summed E-state index contributed by atoms with van der Waals surface area (Å²) in [4.78, 5) is 13.0. The first-order chi connectivity index (χ1) is 9.67. The molecule has 0 saturated carbocycles. The molecule has 2 aromatic rings. The number of hydrogen-bond donors (Lipinski definition) is 1. The Bertz CT molecular complexity index is 581. The molecule has 104 valence electrons. The van der Waals surface area contributed by atoms with Crippen molar-refractivity contribution in [2.75, 3.05) is 18.2 Å². The van der Waals surface area contributed by atoms with Gasteiger partial charge < -0.3 is 10.1 Å². The zero-order valence-corrected chi connectivity index (χ0v) is 12.4. The summed E-state index contributed by atoms with van der Waals surface area (Å²) in [5.74, 6) is 1.10. The Morgan fingerprint density at radius 1 is 1.20 bits per heavy atom. The minimum Gasteiger partial charge on any atom is -0.497 e. The number of aryl methyl sites for hydroxylation is 1. The zero-order valence-electron chi connectivity index (χ0n) is 11.6. The van der Waals surface area contributed by atoms with Gasteiger partial charge in [0.25, 0.3) is 0 Å². The number of carbonyl (C=O) groups excluding carboxylic acids is 1. The second kappa shape index (κ2) is 7.01. The lowest BCUT2D eigenvalue weighted by atomic mass is 10.2. The van der Waals surface area contributed by atoms with Crippen LogP contribution in [-0.2, 0) is 4.79 Å². The Labute approximate surface area is 123 Å². The van der Waals surface area contributed by atoms with Gasteiger partial charge in [-0.1, -0.05) is 23.8 Å². The lowest BCUT2D eigenvalue weighted by Gasteiger charge is -2.07. The number of nitrogens with one attached hydrogen (secondary N) is 1. The van der Waals surface area contributed by atoms with E-state index in [1.165, 1.54) is 17.3 Å². The molecule has 0 unspecified atom stereocenters. The Morgan fingerprint density at radius 3 is 2.65 bits per heavy atom. The average molecular weight is 287 g/mol. The van der Waals surface area contributed by atoms with Gasteiger partial charge in [-0.3, -0.25) is 4.79 Å². The molecule has 0 saturated heterocycles. The van der Waals surface area contributed by atoms with E-state index in [0.717, 1.165) is 16.3 Å². The third-order valence-corrected chi connectivity index (χ3v) is 3.76. The number of rotatable bonds is 5. The predicted molar refractivity (Wildman–Crippen MR) is 83.5 cm³/mol. The van der Waals surface area contributed by atoms with E-state index in [2.05, 4.69) is 5.32 Å². The van der Waals surface area contributed by atoms with Gasteiger partial charge in [0.15, 0.2) is 0 Å². The fourth-order valence-electron chi connectivity index (χ4n) is 1.68. The maximum atomic E-state index is 11.9. The first-order valence-electron chi connectivity index (χ1n) is 6.31. The largest absolute Gasteiger partial charge is 0.497 e. The van der Waals surface area contributed by atoms with E-state index >= 15 is 0 Å². The average Bonchev–Trinajstić information content (AvgIpc) is 2.47. The summed E-state index contributed by atoms with van der Waals surface area (Å²) in [6.07, 6.45) is 0. The third kappa shape index (κ3) is 4.31. The predicted octanol–water partition coefficient (Wildman–Crippen LogP) is 3.73. The smallest absolute Gasteiger partial charge is 0.234 e. The molecule has 1 N–H and O–H groups in total. The summed E-state index contributed by atoms with van der Waals surface area (Å²) >= 11 is 1.52. The van der Waals surface area contributed by atoms with Crippen molar-refractivity contribution in [3.05, 3.63) is 54.1 Å². The number of hydrogen-bond acceptors (Lipinski definition) is 3. The molecule has 0 radical (unpaired) electrons. The van der Waals surface area contributed by atoms with Crippen molar-refractivity contribution in [3.63, 3.8) is 0 Å². The number of benzene rings is 2. The Hall–Kier alpha value is -1.94. The van der Waals surface area contributed by atoms with Gasteiger partial charge in [-0.15, -0.1) is 11.8 Å². The van der Waals surface area contributed by atoms with Crippen LogP contribution in [-0.4, -0.2) is 18.8 Å². The lowest BCUT2D eigenvalue weighted by molar-refractivity contribution is -0.113. The number of methoxy groups -OCH3 is 1. The number of carbonyl (C=O) groups is 1. The van der Waals surface area contributed by atoms with Gasteiger partial charge in [0.1, 0.15) is 5.75 Å². The van der Waals surface area contributed by atoms with Crippen LogP contribution in [0.4, 0.5) is 5.69 Å². The van der Waals surface area contributed by atoms with Crippen LogP contribution in [0.3, 0.4) is 0 Å². The van der Waals surface area contributed by atoms with E-state index in [1.807, 2.05) is 49.4 Å². The molecular formula is C16H17NO2S. The minimum atomic E-state index is -0.0242. The van der Waals surface area contributed by atoms with E-state index in [4.69, 9.17) is 4.74 Å². The molecule has 0 aromatic heterocycles. The highest BCUT2D eigenvalue weighted by atomic mass is 32.2. The molecule has 0 fully saturated rings. The highest BCUT2D eigenvalue weighted by Crippen LogP contribution is 2.20. The van der Waals surface area contributed by atoms with Gasteiger partial charge in [-0.2, -0.15) is 0 Å². The molecule has 20 heavy (non-hydrogen) atoms. The van der Waals surface area contributed by atoms with E-state index in [0.29, 0.717) is 5.75 Å². The van der Waals surface area contributed by atoms with Gasteiger partial charge in [0, 0.05) is 16.6 Å². The van der Waals surface area contributed by atoms with Crippen molar-refractivity contribution in [1.29, 1.82) is 0 Å². The maximum absolute atomic E-state index is 11.9. The van der Waals surface area contributed by atoms with Gasteiger partial charge in [-0.25, -0.2) is 0 Å². The summed E-state index contributed by atoms with van der Waals surface area (Å²) in [7, 11) is 1.61. The van der Waals surface area contributed by atoms with Crippen molar-refractivity contribution in [1.82, 2.24) is 0 Å². The number of amides is 1. The quantitative estimate of drug-likeness (QED) is 0.851. The van der Waals surface area contributed by atoms with Crippen LogP contribution in [0.5, 0.6) is 5.75 Å². The second-order valence-corrected chi connectivity index (χ2v) is 5.43. The van der Waals surface area contributed by atoms with Crippen LogP contribution in [0.1, 0.15) is 5.56 Å². The summed E-state index contributed by atoms with van der Waals surface area (Å²) in [6.45, 7) is 2.05. The zero-order chi connectivity index (χ0) is 14.4. The van der Waals surface area contributed by atoms with Crippen LogP contribution < -0.4 is 10.1 Å². The van der Waals surface area contributed by atoms with E-state index < -0.39 is 0 Å². The Balaban J connectivity index is 1.87. The molecule has 0 aliphatic heterocycles. The van der Waals surface area contributed by atoms with Gasteiger partial charge in [0.2, 0.25) is 5.91 Å². The van der Waals surface area contributed by atoms with Gasteiger partial charge in [-0.05, 0) is 31.2 Å². The topological polar surface area (TPSA) is 38.3 Å². The summed E-state index contributed by atoms with van der Waals surface area (Å²) < 4.78 is 5.12. The molecule has 4 heteroatoms. The molecule has 0 aliphatic rings. The third-order valence-electron chi connectivity index (χ3n) is 2.74. The monoisotopic (exact) mass is 287 g/mol. The molecular weight excluding hydrogens is 270 g/mol. The Morgan fingerprint density at radius 2 is 1.95 bits per heavy atom. The molecule has 0 heterocycles. The fraction of sp³-hybridized carbons (Fsp3) is 0.188. The van der Waals surface area contributed by atoms with Crippen molar-refractivity contribution in [2.45, 2.75) is 11.8 Å². The highest BCUT2D eigenvalue weighted by molar-refractivity contribution is 8.00. The number of ether oxygens (including phenoxy) is 1. The van der Waals surface area contributed by atoms with Crippen molar-refractivity contribution in [3.8, 4) is 5.75 Å². The standard InChI is InChI=1S/C16H17NO2S/c1-12-6-8-15(9-7-12)20-11-16(18)17-13-4-3-5-14(10-13)19-2/h3-10H,11H2,1-2H3,(H,17,18). The molecule has 3 nitrogen and oxygen atoms in total. The first-order valence-corrected chi connectivity index (χ1v) is 7.29. The summed E-state index contributed by atoms with van der Waals surface area (Å²) in [6, 6.07) is 15.5. The van der Waals surface area contributed by atoms with E-state index in [9.17, 15) is 4.79 Å². The molecule has 0 bridgehead atoms. The molecule has 2 aromatic carbocycles. The van der Waals surface area contributed by atoms with Crippen LogP contribution in [0.15, 0.2) is 53.4 Å². The van der Waals surface area contributed by atoms with Crippen molar-refractivity contribution < 1.29 is 9.53 Å². The Kier molecular flexibility index (Phi) is 5.07. The second-order valence-electron chi connectivity index (χ2n) is 4.38. The summed E-state index contributed by atoms with van der Waals surface area (Å²) in [5.41, 5.74) is 1.97. The molecule has 1 amide bonds.